The molecule has 1 aliphatic heterocycles. The molecule has 1 N–H and O–H groups in total. The molecule has 118 valence electrons. The van der Waals surface area contributed by atoms with Crippen molar-refractivity contribution in [2.75, 3.05) is 17.2 Å². The Labute approximate surface area is 147 Å². The molecule has 0 saturated carbocycles. The van der Waals surface area contributed by atoms with Crippen LogP contribution in [0.3, 0.4) is 0 Å². The summed E-state index contributed by atoms with van der Waals surface area (Å²) in [5.74, 6) is 0.168. The summed E-state index contributed by atoms with van der Waals surface area (Å²) in [6.07, 6.45) is 0. The van der Waals surface area contributed by atoms with Crippen LogP contribution in [0.1, 0.15) is 5.56 Å². The number of para-hydroxylation sites is 1. The summed E-state index contributed by atoms with van der Waals surface area (Å²) in [6, 6.07) is 15.4. The number of hydrogen-bond donors (Lipinski definition) is 1. The number of fused-ring (bicyclic) bond motifs is 1. The van der Waals surface area contributed by atoms with Gasteiger partial charge in [0.05, 0.1) is 11.4 Å². The first-order chi connectivity index (χ1) is 11.1. The summed E-state index contributed by atoms with van der Waals surface area (Å²) < 4.78 is 0.974. The maximum atomic E-state index is 12.2. The lowest BCUT2D eigenvalue weighted by molar-refractivity contribution is -0.123. The minimum absolute atomic E-state index is 0.0358. The third-order valence-corrected chi connectivity index (χ3v) is 5.03. The molecule has 6 heteroatoms. The third kappa shape index (κ3) is 3.95. The van der Waals surface area contributed by atoms with Crippen LogP contribution in [0.25, 0.3) is 0 Å². The molecule has 4 nitrogen and oxygen atoms in total. The number of hydrogen-bond acceptors (Lipinski definition) is 3. The molecule has 0 bridgehead atoms. The zero-order valence-corrected chi connectivity index (χ0v) is 14.7. The van der Waals surface area contributed by atoms with Gasteiger partial charge in [0, 0.05) is 15.9 Å². The molecule has 0 atom stereocenters. The number of carbonyl (C=O) groups is 2. The monoisotopic (exact) mass is 390 g/mol. The lowest BCUT2D eigenvalue weighted by atomic mass is 10.2. The lowest BCUT2D eigenvalue weighted by Crippen LogP contribution is -2.43. The molecule has 2 aromatic rings. The number of thioether (sulfide) groups is 1. The Hall–Kier alpha value is -1.79. The van der Waals surface area contributed by atoms with E-state index in [-0.39, 0.29) is 18.4 Å². The highest BCUT2D eigenvalue weighted by atomic mass is 79.9. The number of rotatable bonds is 4. The molecule has 0 saturated heterocycles. The maximum absolute atomic E-state index is 12.2. The van der Waals surface area contributed by atoms with Crippen molar-refractivity contribution in [1.29, 1.82) is 0 Å². The van der Waals surface area contributed by atoms with Crippen LogP contribution < -0.4 is 10.2 Å². The summed E-state index contributed by atoms with van der Waals surface area (Å²) in [5, 5.41) is 2.86. The number of anilines is 1. The van der Waals surface area contributed by atoms with Crippen molar-refractivity contribution in [3.63, 3.8) is 0 Å². The Morgan fingerprint density at radius 1 is 1.22 bits per heavy atom. The van der Waals surface area contributed by atoms with E-state index in [9.17, 15) is 9.59 Å². The van der Waals surface area contributed by atoms with E-state index in [4.69, 9.17) is 0 Å². The van der Waals surface area contributed by atoms with Gasteiger partial charge < -0.3 is 10.2 Å². The molecule has 23 heavy (non-hydrogen) atoms. The number of nitrogens with zero attached hydrogens (tertiary/aromatic N) is 1. The highest BCUT2D eigenvalue weighted by molar-refractivity contribution is 9.10. The number of amides is 2. The molecular weight excluding hydrogens is 376 g/mol. The SMILES string of the molecule is O=C(CN1C(=O)CSc2ccccc21)NCc1cccc(Br)c1. The van der Waals surface area contributed by atoms with Crippen molar-refractivity contribution in [2.24, 2.45) is 0 Å². The molecule has 0 aliphatic carbocycles. The van der Waals surface area contributed by atoms with Gasteiger partial charge in [-0.2, -0.15) is 0 Å². The summed E-state index contributed by atoms with van der Waals surface area (Å²) >= 11 is 4.92. The van der Waals surface area contributed by atoms with Crippen LogP contribution in [0.5, 0.6) is 0 Å². The minimum Gasteiger partial charge on any atom is -0.350 e. The molecule has 3 rings (SSSR count). The summed E-state index contributed by atoms with van der Waals surface area (Å²) in [6.45, 7) is 0.487. The highest BCUT2D eigenvalue weighted by Gasteiger charge is 2.25. The Morgan fingerprint density at radius 2 is 2.04 bits per heavy atom. The van der Waals surface area contributed by atoms with Crippen LogP contribution in [0.2, 0.25) is 0 Å². The molecule has 0 fully saturated rings. The Morgan fingerprint density at radius 3 is 2.87 bits per heavy atom. The van der Waals surface area contributed by atoms with E-state index in [0.717, 1.165) is 20.6 Å². The molecule has 1 heterocycles. The second kappa shape index (κ2) is 7.19. The first kappa shape index (κ1) is 16.1. The van der Waals surface area contributed by atoms with Gasteiger partial charge in [0.25, 0.3) is 0 Å². The second-order valence-corrected chi connectivity index (χ2v) is 7.08. The van der Waals surface area contributed by atoms with E-state index in [2.05, 4.69) is 21.2 Å². The summed E-state index contributed by atoms with van der Waals surface area (Å²) in [5.41, 5.74) is 1.82. The van der Waals surface area contributed by atoms with Gasteiger partial charge in [-0.1, -0.05) is 40.2 Å². The van der Waals surface area contributed by atoms with Gasteiger partial charge in [-0.15, -0.1) is 11.8 Å². The maximum Gasteiger partial charge on any atom is 0.240 e. The molecule has 2 amide bonds. The first-order valence-electron chi connectivity index (χ1n) is 7.17. The van der Waals surface area contributed by atoms with Gasteiger partial charge in [-0.05, 0) is 29.8 Å². The molecule has 0 spiro atoms. The normalized spacial score (nSPS) is 13.6. The fraction of sp³-hybridized carbons (Fsp3) is 0.176. The zero-order chi connectivity index (χ0) is 16.2. The summed E-state index contributed by atoms with van der Waals surface area (Å²) in [7, 11) is 0. The minimum atomic E-state index is -0.167. The summed E-state index contributed by atoms with van der Waals surface area (Å²) in [4.78, 5) is 26.9. The van der Waals surface area contributed by atoms with Crippen molar-refractivity contribution in [3.05, 3.63) is 58.6 Å². The number of carbonyl (C=O) groups excluding carboxylic acids is 2. The second-order valence-electron chi connectivity index (χ2n) is 5.14. The number of nitrogens with one attached hydrogen (secondary N) is 1. The molecule has 0 aromatic heterocycles. The van der Waals surface area contributed by atoms with Crippen LogP contribution in [0.15, 0.2) is 57.9 Å². The molecule has 2 aromatic carbocycles. The molecular formula is C17H15BrN2O2S. The van der Waals surface area contributed by atoms with Crippen molar-refractivity contribution in [1.82, 2.24) is 5.32 Å². The fourth-order valence-corrected chi connectivity index (χ4v) is 3.76. The van der Waals surface area contributed by atoms with Crippen molar-refractivity contribution in [3.8, 4) is 0 Å². The molecule has 0 unspecified atom stereocenters. The van der Waals surface area contributed by atoms with E-state index in [1.807, 2.05) is 48.5 Å². The molecule has 1 aliphatic rings. The molecule has 0 radical (unpaired) electrons. The Bertz CT molecular complexity index is 751. The quantitative estimate of drug-likeness (QED) is 0.871. The van der Waals surface area contributed by atoms with Crippen LogP contribution >= 0.6 is 27.7 Å². The number of benzene rings is 2. The van der Waals surface area contributed by atoms with E-state index < -0.39 is 0 Å². The zero-order valence-electron chi connectivity index (χ0n) is 12.3. The predicted molar refractivity (Wildman–Crippen MR) is 95.5 cm³/mol. The van der Waals surface area contributed by atoms with E-state index >= 15 is 0 Å². The largest absolute Gasteiger partial charge is 0.350 e. The fourth-order valence-electron chi connectivity index (χ4n) is 2.37. The third-order valence-electron chi connectivity index (χ3n) is 3.49. The van der Waals surface area contributed by atoms with Crippen LogP contribution in [0, 0.1) is 0 Å². The Kier molecular flexibility index (Phi) is 5.03. The topological polar surface area (TPSA) is 49.4 Å². The van der Waals surface area contributed by atoms with Gasteiger partial charge in [0.15, 0.2) is 0 Å². The van der Waals surface area contributed by atoms with Crippen LogP contribution in [-0.2, 0) is 16.1 Å². The van der Waals surface area contributed by atoms with Gasteiger partial charge in [-0.25, -0.2) is 0 Å². The average Bonchev–Trinajstić information content (AvgIpc) is 2.56. The van der Waals surface area contributed by atoms with E-state index in [1.54, 1.807) is 4.90 Å². The van der Waals surface area contributed by atoms with E-state index in [0.29, 0.717) is 12.3 Å². The lowest BCUT2D eigenvalue weighted by Gasteiger charge is -2.28. The average molecular weight is 391 g/mol. The smallest absolute Gasteiger partial charge is 0.240 e. The van der Waals surface area contributed by atoms with Crippen molar-refractivity contribution < 1.29 is 9.59 Å². The van der Waals surface area contributed by atoms with Crippen LogP contribution in [0.4, 0.5) is 5.69 Å². The van der Waals surface area contributed by atoms with Gasteiger partial charge in [0.2, 0.25) is 11.8 Å². The van der Waals surface area contributed by atoms with Gasteiger partial charge in [-0.3, -0.25) is 9.59 Å². The Balaban J connectivity index is 1.65. The van der Waals surface area contributed by atoms with E-state index in [1.165, 1.54) is 11.8 Å². The van der Waals surface area contributed by atoms with Crippen molar-refractivity contribution >= 4 is 45.2 Å². The number of halogens is 1. The first-order valence-corrected chi connectivity index (χ1v) is 8.94. The van der Waals surface area contributed by atoms with Crippen LogP contribution in [-0.4, -0.2) is 24.1 Å². The highest BCUT2D eigenvalue weighted by Crippen LogP contribution is 2.34. The predicted octanol–water partition coefficient (Wildman–Crippen LogP) is 3.20. The van der Waals surface area contributed by atoms with Crippen molar-refractivity contribution in [2.45, 2.75) is 11.4 Å². The van der Waals surface area contributed by atoms with Gasteiger partial charge in [0.1, 0.15) is 6.54 Å². The standard InChI is InChI=1S/C17H15BrN2O2S/c18-13-5-3-4-12(8-13)9-19-16(21)10-20-14-6-1-2-7-15(14)23-11-17(20)22/h1-8H,9-11H2,(H,19,21). The van der Waals surface area contributed by atoms with Gasteiger partial charge >= 0.3 is 0 Å².